The van der Waals surface area contributed by atoms with Crippen LogP contribution >= 0.6 is 0 Å². The van der Waals surface area contributed by atoms with E-state index in [0.29, 0.717) is 5.69 Å². The van der Waals surface area contributed by atoms with E-state index in [9.17, 15) is 18.0 Å². The van der Waals surface area contributed by atoms with Gasteiger partial charge >= 0.3 is 6.36 Å². The fourth-order valence-electron chi connectivity index (χ4n) is 1.66. The van der Waals surface area contributed by atoms with Crippen molar-refractivity contribution < 1.29 is 22.7 Å². The third kappa shape index (κ3) is 3.28. The zero-order valence-electron chi connectivity index (χ0n) is 10.1. The number of hydrogen-bond donors (Lipinski definition) is 1. The number of hydrogen-bond acceptors (Lipinski definition) is 3. The molecule has 0 fully saturated rings. The van der Waals surface area contributed by atoms with Crippen LogP contribution in [0.25, 0.3) is 0 Å². The van der Waals surface area contributed by atoms with Crippen LogP contribution in [0.3, 0.4) is 0 Å². The first-order valence-electron chi connectivity index (χ1n) is 5.62. The molecule has 0 aliphatic carbocycles. The third-order valence-corrected chi connectivity index (χ3v) is 2.53. The monoisotopic (exact) mass is 281 g/mol. The molecule has 104 valence electrons. The quantitative estimate of drug-likeness (QED) is 0.693. The van der Waals surface area contributed by atoms with Crippen LogP contribution in [0.1, 0.15) is 15.9 Å². The van der Waals surface area contributed by atoms with Crippen molar-refractivity contribution in [1.29, 1.82) is 0 Å². The number of ketones is 1. The summed E-state index contributed by atoms with van der Waals surface area (Å²) in [7, 11) is 0. The van der Waals surface area contributed by atoms with Crippen LogP contribution in [0.15, 0.2) is 48.5 Å². The number of anilines is 1. The Morgan fingerprint density at radius 3 is 2.20 bits per heavy atom. The molecule has 0 spiro atoms. The lowest BCUT2D eigenvalue weighted by Crippen LogP contribution is -2.19. The Bertz CT molecular complexity index is 621. The van der Waals surface area contributed by atoms with Crippen molar-refractivity contribution in [3.8, 4) is 5.75 Å². The van der Waals surface area contributed by atoms with Gasteiger partial charge in [-0.3, -0.25) is 4.79 Å². The lowest BCUT2D eigenvalue weighted by Gasteiger charge is -2.12. The number of carbonyl (C=O) groups excluding carboxylic acids is 1. The standard InChI is InChI=1S/C14H10F3NO2/c15-14(16,17)20-12-4-2-1-3-11(12)13(19)9-5-7-10(18)8-6-9/h1-8H,18H2. The Hall–Kier alpha value is -2.50. The second-order valence-corrected chi connectivity index (χ2v) is 4.00. The Labute approximate surface area is 112 Å². The molecule has 0 aliphatic heterocycles. The van der Waals surface area contributed by atoms with Crippen LogP contribution in [0, 0.1) is 0 Å². The summed E-state index contributed by atoms with van der Waals surface area (Å²) >= 11 is 0. The van der Waals surface area contributed by atoms with Crippen LogP contribution in [0.4, 0.5) is 18.9 Å². The number of nitrogen functional groups attached to an aromatic ring is 1. The van der Waals surface area contributed by atoms with Gasteiger partial charge in [0.2, 0.25) is 0 Å². The van der Waals surface area contributed by atoms with E-state index in [0.717, 1.165) is 6.07 Å². The summed E-state index contributed by atoms with van der Waals surface area (Å²) in [5.41, 5.74) is 6.03. The summed E-state index contributed by atoms with van der Waals surface area (Å²) in [5, 5.41) is 0. The molecule has 3 nitrogen and oxygen atoms in total. The molecule has 2 aromatic rings. The van der Waals surface area contributed by atoms with Gasteiger partial charge in [0, 0.05) is 11.3 Å². The normalized spacial score (nSPS) is 11.2. The smallest absolute Gasteiger partial charge is 0.405 e. The van der Waals surface area contributed by atoms with Crippen molar-refractivity contribution >= 4 is 11.5 Å². The molecule has 0 atom stereocenters. The van der Waals surface area contributed by atoms with Gasteiger partial charge in [0.25, 0.3) is 0 Å². The first kappa shape index (κ1) is 13.9. The molecular weight excluding hydrogens is 271 g/mol. The van der Waals surface area contributed by atoms with Gasteiger partial charge in [-0.05, 0) is 36.4 Å². The number of rotatable bonds is 3. The van der Waals surface area contributed by atoms with Crippen molar-refractivity contribution in [3.05, 3.63) is 59.7 Å². The Morgan fingerprint density at radius 1 is 1.00 bits per heavy atom. The summed E-state index contributed by atoms with van der Waals surface area (Å²) in [5.74, 6) is -1.09. The van der Waals surface area contributed by atoms with E-state index in [1.807, 2.05) is 0 Å². The molecule has 0 saturated heterocycles. The number of alkyl halides is 3. The highest BCUT2D eigenvalue weighted by Crippen LogP contribution is 2.28. The number of halogens is 3. The number of para-hydroxylation sites is 1. The second kappa shape index (κ2) is 5.24. The maximum atomic E-state index is 12.3. The van der Waals surface area contributed by atoms with Gasteiger partial charge in [-0.25, -0.2) is 0 Å². The van der Waals surface area contributed by atoms with Gasteiger partial charge in [0.05, 0.1) is 5.56 Å². The fraction of sp³-hybridized carbons (Fsp3) is 0.0714. The summed E-state index contributed by atoms with van der Waals surface area (Å²) in [6.07, 6.45) is -4.85. The van der Waals surface area contributed by atoms with Crippen molar-refractivity contribution in [2.45, 2.75) is 6.36 Å². The van der Waals surface area contributed by atoms with Gasteiger partial charge in [0.1, 0.15) is 5.75 Å². The lowest BCUT2D eigenvalue weighted by atomic mass is 10.0. The van der Waals surface area contributed by atoms with Crippen LogP contribution in [0.5, 0.6) is 5.75 Å². The van der Waals surface area contributed by atoms with Crippen LogP contribution < -0.4 is 10.5 Å². The van der Waals surface area contributed by atoms with E-state index >= 15 is 0 Å². The Balaban J connectivity index is 2.37. The fourth-order valence-corrected chi connectivity index (χ4v) is 1.66. The molecule has 0 unspecified atom stereocenters. The Morgan fingerprint density at radius 2 is 1.60 bits per heavy atom. The molecule has 20 heavy (non-hydrogen) atoms. The first-order chi connectivity index (χ1) is 9.37. The van der Waals surface area contributed by atoms with E-state index in [-0.39, 0.29) is 11.1 Å². The van der Waals surface area contributed by atoms with E-state index in [1.165, 1.54) is 42.5 Å². The predicted molar refractivity (Wildman–Crippen MR) is 67.4 cm³/mol. The molecule has 0 amide bonds. The van der Waals surface area contributed by atoms with Crippen molar-refractivity contribution in [1.82, 2.24) is 0 Å². The van der Waals surface area contributed by atoms with Gasteiger partial charge in [-0.2, -0.15) is 0 Å². The van der Waals surface area contributed by atoms with Gasteiger partial charge in [0.15, 0.2) is 5.78 Å². The average Bonchev–Trinajstić information content (AvgIpc) is 2.37. The van der Waals surface area contributed by atoms with Crippen LogP contribution in [0.2, 0.25) is 0 Å². The SMILES string of the molecule is Nc1ccc(C(=O)c2ccccc2OC(F)(F)F)cc1. The molecule has 6 heteroatoms. The van der Waals surface area contributed by atoms with Gasteiger partial charge in [-0.1, -0.05) is 12.1 Å². The second-order valence-electron chi connectivity index (χ2n) is 4.00. The molecule has 2 rings (SSSR count). The van der Waals surface area contributed by atoms with E-state index < -0.39 is 17.9 Å². The third-order valence-electron chi connectivity index (χ3n) is 2.53. The predicted octanol–water partition coefficient (Wildman–Crippen LogP) is 3.40. The molecule has 2 aromatic carbocycles. The zero-order chi connectivity index (χ0) is 14.8. The summed E-state index contributed by atoms with van der Waals surface area (Å²) in [6, 6.07) is 11.1. The van der Waals surface area contributed by atoms with Crippen molar-refractivity contribution in [3.63, 3.8) is 0 Å². The number of ether oxygens (including phenoxy) is 1. The number of carbonyl (C=O) groups is 1. The first-order valence-corrected chi connectivity index (χ1v) is 5.62. The average molecular weight is 281 g/mol. The number of benzene rings is 2. The topological polar surface area (TPSA) is 52.3 Å². The van der Waals surface area contributed by atoms with Gasteiger partial charge < -0.3 is 10.5 Å². The minimum absolute atomic E-state index is 0.158. The molecule has 0 bridgehead atoms. The van der Waals surface area contributed by atoms with E-state index in [4.69, 9.17) is 5.73 Å². The van der Waals surface area contributed by atoms with Crippen molar-refractivity contribution in [2.24, 2.45) is 0 Å². The lowest BCUT2D eigenvalue weighted by molar-refractivity contribution is -0.274. The molecule has 0 heterocycles. The highest BCUT2D eigenvalue weighted by molar-refractivity contribution is 6.10. The molecule has 2 N–H and O–H groups in total. The van der Waals surface area contributed by atoms with Gasteiger partial charge in [-0.15, -0.1) is 13.2 Å². The highest BCUT2D eigenvalue weighted by atomic mass is 19.4. The van der Waals surface area contributed by atoms with Crippen molar-refractivity contribution in [2.75, 3.05) is 5.73 Å². The molecule has 0 radical (unpaired) electrons. The molecular formula is C14H10F3NO2. The minimum Gasteiger partial charge on any atom is -0.405 e. The molecule has 0 aliphatic rings. The maximum absolute atomic E-state index is 12.3. The minimum atomic E-state index is -4.85. The summed E-state index contributed by atoms with van der Waals surface area (Å²) < 4.78 is 40.7. The molecule has 0 aromatic heterocycles. The van der Waals surface area contributed by atoms with Crippen LogP contribution in [-0.4, -0.2) is 12.1 Å². The Kier molecular flexibility index (Phi) is 3.65. The largest absolute Gasteiger partial charge is 0.573 e. The summed E-state index contributed by atoms with van der Waals surface area (Å²) in [6.45, 7) is 0. The number of nitrogens with two attached hydrogens (primary N) is 1. The zero-order valence-corrected chi connectivity index (χ0v) is 10.1. The summed E-state index contributed by atoms with van der Waals surface area (Å²) in [4.78, 5) is 12.2. The van der Waals surface area contributed by atoms with Crippen LogP contribution in [-0.2, 0) is 0 Å². The van der Waals surface area contributed by atoms with E-state index in [2.05, 4.69) is 4.74 Å². The molecule has 0 saturated carbocycles. The highest BCUT2D eigenvalue weighted by Gasteiger charge is 2.32. The van der Waals surface area contributed by atoms with E-state index in [1.54, 1.807) is 0 Å². The maximum Gasteiger partial charge on any atom is 0.573 e.